The summed E-state index contributed by atoms with van der Waals surface area (Å²) in [6.07, 6.45) is -2.59. The minimum absolute atomic E-state index is 0.0280. The van der Waals surface area contributed by atoms with Crippen LogP contribution >= 0.6 is 0 Å². The third kappa shape index (κ3) is 3.50. The smallest absolute Gasteiger partial charge is 0.433 e. The average Bonchev–Trinajstić information content (AvgIpc) is 2.84. The van der Waals surface area contributed by atoms with Gasteiger partial charge in [-0.3, -0.25) is 14.6 Å². The lowest BCUT2D eigenvalue weighted by molar-refractivity contribution is -0.141. The normalized spacial score (nSPS) is 18.8. The van der Waals surface area contributed by atoms with Crippen molar-refractivity contribution in [1.82, 2.24) is 9.88 Å². The minimum Gasteiger partial charge on any atom is -0.481 e. The lowest BCUT2D eigenvalue weighted by Crippen LogP contribution is -2.36. The highest BCUT2D eigenvalue weighted by molar-refractivity contribution is 5.94. The van der Waals surface area contributed by atoms with Crippen LogP contribution in [0.2, 0.25) is 0 Å². The Labute approximate surface area is 118 Å². The molecule has 0 saturated carbocycles. The Bertz CT molecular complexity index is 543. The standard InChI is InChI=1S/C13H13F3N2O3/c14-13(15,16)10-4-3-8(7-17-10)12(21)18-5-1-2-9(18)6-11(19)20/h3-4,7,9H,1-2,5-6H2,(H,19,20). The number of carboxylic acid groups (broad SMARTS) is 1. The second kappa shape index (κ2) is 5.71. The number of hydrogen-bond acceptors (Lipinski definition) is 3. The largest absolute Gasteiger partial charge is 0.481 e. The van der Waals surface area contributed by atoms with Crippen LogP contribution < -0.4 is 0 Å². The summed E-state index contributed by atoms with van der Waals surface area (Å²) >= 11 is 0. The Kier molecular flexibility index (Phi) is 4.15. The second-order valence-electron chi connectivity index (χ2n) is 4.82. The van der Waals surface area contributed by atoms with E-state index in [0.29, 0.717) is 19.4 Å². The molecule has 1 aliphatic rings. The van der Waals surface area contributed by atoms with Crippen LogP contribution in [-0.4, -0.2) is 39.5 Å². The summed E-state index contributed by atoms with van der Waals surface area (Å²) in [6, 6.07) is 1.39. The molecule has 0 aromatic carbocycles. The molecule has 5 nitrogen and oxygen atoms in total. The summed E-state index contributed by atoms with van der Waals surface area (Å²) < 4.78 is 37.2. The fourth-order valence-corrected chi connectivity index (χ4v) is 2.37. The number of carbonyl (C=O) groups is 2. The summed E-state index contributed by atoms with van der Waals surface area (Å²) in [5, 5.41) is 8.79. The predicted octanol–water partition coefficient (Wildman–Crippen LogP) is 2.18. The SMILES string of the molecule is O=C(O)CC1CCCN1C(=O)c1ccc(C(F)(F)F)nc1. The van der Waals surface area contributed by atoms with Crippen molar-refractivity contribution in [3.05, 3.63) is 29.6 Å². The van der Waals surface area contributed by atoms with Gasteiger partial charge in [0.2, 0.25) is 0 Å². The maximum atomic E-state index is 12.4. The van der Waals surface area contributed by atoms with Gasteiger partial charge in [-0.1, -0.05) is 0 Å². The van der Waals surface area contributed by atoms with Crippen molar-refractivity contribution in [3.8, 4) is 0 Å². The molecule has 1 N–H and O–H groups in total. The van der Waals surface area contributed by atoms with Crippen LogP contribution in [0.3, 0.4) is 0 Å². The van der Waals surface area contributed by atoms with Crippen molar-refractivity contribution in [1.29, 1.82) is 0 Å². The number of aliphatic carboxylic acids is 1. The van der Waals surface area contributed by atoms with Crippen LogP contribution in [0.5, 0.6) is 0 Å². The van der Waals surface area contributed by atoms with Crippen molar-refractivity contribution in [2.24, 2.45) is 0 Å². The zero-order chi connectivity index (χ0) is 15.6. The molecule has 21 heavy (non-hydrogen) atoms. The third-order valence-corrected chi connectivity index (χ3v) is 3.35. The Morgan fingerprint density at radius 1 is 1.38 bits per heavy atom. The zero-order valence-electron chi connectivity index (χ0n) is 10.9. The van der Waals surface area contributed by atoms with Gasteiger partial charge < -0.3 is 10.0 Å². The number of carboxylic acids is 1. The molecule has 1 fully saturated rings. The van der Waals surface area contributed by atoms with Gasteiger partial charge in [-0.2, -0.15) is 13.2 Å². The van der Waals surface area contributed by atoms with Crippen LogP contribution in [0.1, 0.15) is 35.3 Å². The highest BCUT2D eigenvalue weighted by atomic mass is 19.4. The maximum Gasteiger partial charge on any atom is 0.433 e. The quantitative estimate of drug-likeness (QED) is 0.929. The lowest BCUT2D eigenvalue weighted by atomic mass is 10.1. The first-order valence-corrected chi connectivity index (χ1v) is 6.35. The van der Waals surface area contributed by atoms with Crippen molar-refractivity contribution in [2.45, 2.75) is 31.5 Å². The van der Waals surface area contributed by atoms with Gasteiger partial charge >= 0.3 is 12.1 Å². The molecule has 1 aromatic rings. The first-order valence-electron chi connectivity index (χ1n) is 6.35. The lowest BCUT2D eigenvalue weighted by Gasteiger charge is -2.23. The van der Waals surface area contributed by atoms with Crippen LogP contribution in [0.15, 0.2) is 18.3 Å². The number of halogens is 3. The molecule has 0 aliphatic carbocycles. The van der Waals surface area contributed by atoms with Gasteiger partial charge in [0.1, 0.15) is 5.69 Å². The number of likely N-dealkylation sites (tertiary alicyclic amines) is 1. The van der Waals surface area contributed by atoms with Gasteiger partial charge in [0.05, 0.1) is 12.0 Å². The van der Waals surface area contributed by atoms with Gasteiger partial charge in [0, 0.05) is 18.8 Å². The molecule has 8 heteroatoms. The molecule has 0 spiro atoms. The van der Waals surface area contributed by atoms with E-state index in [4.69, 9.17) is 5.11 Å². The van der Waals surface area contributed by atoms with Crippen LogP contribution in [0, 0.1) is 0 Å². The van der Waals surface area contributed by atoms with Crippen molar-refractivity contribution >= 4 is 11.9 Å². The highest BCUT2D eigenvalue weighted by Gasteiger charge is 2.34. The Hall–Kier alpha value is -2.12. The van der Waals surface area contributed by atoms with Gasteiger partial charge in [-0.15, -0.1) is 0 Å². The van der Waals surface area contributed by atoms with E-state index in [-0.39, 0.29) is 12.0 Å². The molecule has 114 valence electrons. The molecule has 2 heterocycles. The summed E-state index contributed by atoms with van der Waals surface area (Å²) in [6.45, 7) is 0.401. The Morgan fingerprint density at radius 3 is 2.62 bits per heavy atom. The zero-order valence-corrected chi connectivity index (χ0v) is 10.9. The Balaban J connectivity index is 2.14. The molecule has 1 atom stereocenters. The molecule has 1 aliphatic heterocycles. The number of alkyl halides is 3. The van der Waals surface area contributed by atoms with Crippen molar-refractivity contribution < 1.29 is 27.9 Å². The van der Waals surface area contributed by atoms with E-state index >= 15 is 0 Å². The second-order valence-corrected chi connectivity index (χ2v) is 4.82. The number of rotatable bonds is 3. The monoisotopic (exact) mass is 302 g/mol. The summed E-state index contributed by atoms with van der Waals surface area (Å²) in [7, 11) is 0. The van der Waals surface area contributed by atoms with Crippen LogP contribution in [0.25, 0.3) is 0 Å². The number of aromatic nitrogens is 1. The van der Waals surface area contributed by atoms with Crippen LogP contribution in [0.4, 0.5) is 13.2 Å². The summed E-state index contributed by atoms with van der Waals surface area (Å²) in [5.41, 5.74) is -1.04. The van der Waals surface area contributed by atoms with E-state index in [2.05, 4.69) is 4.98 Å². The molecular weight excluding hydrogens is 289 g/mol. The van der Waals surface area contributed by atoms with E-state index in [1.54, 1.807) is 0 Å². The molecule has 0 bridgehead atoms. The number of nitrogens with zero attached hydrogens (tertiary/aromatic N) is 2. The maximum absolute atomic E-state index is 12.4. The topological polar surface area (TPSA) is 70.5 Å². The summed E-state index contributed by atoms with van der Waals surface area (Å²) in [4.78, 5) is 27.6. The van der Waals surface area contributed by atoms with Gasteiger partial charge in [-0.05, 0) is 25.0 Å². The first kappa shape index (κ1) is 15.3. The molecule has 1 aromatic heterocycles. The van der Waals surface area contributed by atoms with Gasteiger partial charge in [-0.25, -0.2) is 0 Å². The van der Waals surface area contributed by atoms with E-state index in [9.17, 15) is 22.8 Å². The fraction of sp³-hybridized carbons (Fsp3) is 0.462. The number of hydrogen-bond donors (Lipinski definition) is 1. The number of amides is 1. The number of pyridine rings is 1. The molecule has 1 amide bonds. The fourth-order valence-electron chi connectivity index (χ4n) is 2.37. The van der Waals surface area contributed by atoms with E-state index in [0.717, 1.165) is 18.3 Å². The molecule has 2 rings (SSSR count). The predicted molar refractivity (Wildman–Crippen MR) is 65.6 cm³/mol. The minimum atomic E-state index is -4.55. The third-order valence-electron chi connectivity index (χ3n) is 3.35. The summed E-state index contributed by atoms with van der Waals surface area (Å²) in [5.74, 6) is -1.50. The van der Waals surface area contributed by atoms with Gasteiger partial charge in [0.15, 0.2) is 0 Å². The van der Waals surface area contributed by atoms with Gasteiger partial charge in [0.25, 0.3) is 5.91 Å². The molecule has 1 saturated heterocycles. The first-order chi connectivity index (χ1) is 9.79. The molecule has 1 unspecified atom stereocenters. The molecule has 0 radical (unpaired) electrons. The van der Waals surface area contributed by atoms with E-state index < -0.39 is 29.8 Å². The average molecular weight is 302 g/mol. The molecular formula is C13H13F3N2O3. The van der Waals surface area contributed by atoms with E-state index in [1.807, 2.05) is 0 Å². The van der Waals surface area contributed by atoms with Crippen LogP contribution in [-0.2, 0) is 11.0 Å². The number of carbonyl (C=O) groups excluding carboxylic acids is 1. The van der Waals surface area contributed by atoms with E-state index in [1.165, 1.54) is 4.90 Å². The Morgan fingerprint density at radius 2 is 2.10 bits per heavy atom. The van der Waals surface area contributed by atoms with Crippen molar-refractivity contribution in [2.75, 3.05) is 6.54 Å². The highest BCUT2D eigenvalue weighted by Crippen LogP contribution is 2.28. The van der Waals surface area contributed by atoms with Crippen molar-refractivity contribution in [3.63, 3.8) is 0 Å².